The van der Waals surface area contributed by atoms with E-state index in [0.717, 1.165) is 0 Å². The molecule has 0 aliphatic heterocycles. The molecule has 0 bridgehead atoms. The molecule has 1 rings (SSSR count). The highest BCUT2D eigenvalue weighted by molar-refractivity contribution is 5.84. The summed E-state index contributed by atoms with van der Waals surface area (Å²) in [5.41, 5.74) is 0. The Labute approximate surface area is 48.5 Å². The lowest BCUT2D eigenvalue weighted by Crippen LogP contribution is -2.31. The van der Waals surface area contributed by atoms with Gasteiger partial charge in [0.25, 0.3) is 0 Å². The fourth-order valence-electron chi connectivity index (χ4n) is 0.866. The summed E-state index contributed by atoms with van der Waals surface area (Å²) in [5, 5.41) is 8.84. The summed E-state index contributed by atoms with van der Waals surface area (Å²) in [4.78, 5) is 10.3. The van der Waals surface area contributed by atoms with Gasteiger partial charge in [0, 0.05) is 12.8 Å². The van der Waals surface area contributed by atoms with E-state index in [0.29, 0.717) is 12.8 Å². The number of hydrogen-bond donors (Lipinski definition) is 1. The summed E-state index contributed by atoms with van der Waals surface area (Å²) in [6, 6.07) is 0. The Hall–Kier alpha value is -0.370. The van der Waals surface area contributed by atoms with Gasteiger partial charge in [-0.15, -0.1) is 0 Å². The summed E-state index contributed by atoms with van der Waals surface area (Å²) in [6.45, 7) is 1.73. The van der Waals surface area contributed by atoms with E-state index in [1.54, 1.807) is 6.92 Å². The van der Waals surface area contributed by atoms with E-state index in [2.05, 4.69) is 0 Å². The van der Waals surface area contributed by atoms with Crippen LogP contribution in [0.4, 0.5) is 0 Å². The molecule has 1 fully saturated rings. The number of carbonyl (C=O) groups is 1. The van der Waals surface area contributed by atoms with Crippen LogP contribution in [0.25, 0.3) is 0 Å². The summed E-state index contributed by atoms with van der Waals surface area (Å²) in [6.07, 6.45) is 0.905. The molecule has 1 N–H and O–H groups in total. The molecular formula is C6H10O2. The minimum Gasteiger partial charge on any atom is -0.393 e. The van der Waals surface area contributed by atoms with E-state index < -0.39 is 0 Å². The Morgan fingerprint density at radius 2 is 2.25 bits per heavy atom. The molecule has 2 nitrogen and oxygen atoms in total. The summed E-state index contributed by atoms with van der Waals surface area (Å²) >= 11 is 0. The molecule has 0 aromatic rings. The van der Waals surface area contributed by atoms with Crippen molar-refractivity contribution in [2.45, 2.75) is 25.9 Å². The van der Waals surface area contributed by atoms with Gasteiger partial charge < -0.3 is 5.11 Å². The molecule has 0 unspecified atom stereocenters. The number of hydrogen-bond acceptors (Lipinski definition) is 2. The average Bonchev–Trinajstić information content (AvgIpc) is 1.57. The lowest BCUT2D eigenvalue weighted by Gasteiger charge is -2.26. The number of Topliss-reactive ketones (excluding diaryl/α,β-unsaturated/α-hetero) is 1. The van der Waals surface area contributed by atoms with Gasteiger partial charge in [-0.3, -0.25) is 4.79 Å². The molecule has 46 valence electrons. The van der Waals surface area contributed by atoms with Gasteiger partial charge in [0.05, 0.1) is 6.10 Å². The smallest absolute Gasteiger partial charge is 0.133 e. The van der Waals surface area contributed by atoms with Gasteiger partial charge in [-0.25, -0.2) is 0 Å². The summed E-state index contributed by atoms with van der Waals surface area (Å²) < 4.78 is 0. The van der Waals surface area contributed by atoms with Crippen molar-refractivity contribution in [3.05, 3.63) is 0 Å². The zero-order chi connectivity index (χ0) is 6.15. The maximum absolute atomic E-state index is 10.3. The maximum Gasteiger partial charge on any atom is 0.133 e. The Morgan fingerprint density at radius 3 is 2.38 bits per heavy atom. The SMILES string of the molecule is C[C@H](O)C1CC(=O)C1. The standard InChI is InChI=1S/C6H10O2/c1-4(7)5-2-6(8)3-5/h4-5,7H,2-3H2,1H3/t4-/m0/s1. The monoisotopic (exact) mass is 114 g/mol. The lowest BCUT2D eigenvalue weighted by molar-refractivity contribution is -0.129. The second-order valence-electron chi connectivity index (χ2n) is 2.45. The van der Waals surface area contributed by atoms with Crippen molar-refractivity contribution in [3.8, 4) is 0 Å². The topological polar surface area (TPSA) is 37.3 Å². The van der Waals surface area contributed by atoms with Crippen LogP contribution in [-0.2, 0) is 4.79 Å². The van der Waals surface area contributed by atoms with Crippen LogP contribution >= 0.6 is 0 Å². The lowest BCUT2D eigenvalue weighted by atomic mass is 9.81. The van der Waals surface area contributed by atoms with Crippen molar-refractivity contribution in [1.29, 1.82) is 0 Å². The van der Waals surface area contributed by atoms with E-state index in [1.807, 2.05) is 0 Å². The molecule has 0 radical (unpaired) electrons. The van der Waals surface area contributed by atoms with Crippen LogP contribution in [0, 0.1) is 5.92 Å². The van der Waals surface area contributed by atoms with Gasteiger partial charge in [0.15, 0.2) is 0 Å². The molecule has 1 saturated carbocycles. The minimum atomic E-state index is -0.285. The van der Waals surface area contributed by atoms with E-state index >= 15 is 0 Å². The zero-order valence-electron chi connectivity index (χ0n) is 4.92. The van der Waals surface area contributed by atoms with Gasteiger partial charge in [0.1, 0.15) is 5.78 Å². The fraction of sp³-hybridized carbons (Fsp3) is 0.833. The Balaban J connectivity index is 2.25. The first-order valence-corrected chi connectivity index (χ1v) is 2.90. The predicted molar refractivity (Wildman–Crippen MR) is 29.4 cm³/mol. The zero-order valence-corrected chi connectivity index (χ0v) is 4.92. The highest BCUT2D eigenvalue weighted by atomic mass is 16.3. The van der Waals surface area contributed by atoms with Crippen molar-refractivity contribution in [3.63, 3.8) is 0 Å². The molecule has 0 saturated heterocycles. The van der Waals surface area contributed by atoms with Gasteiger partial charge in [0.2, 0.25) is 0 Å². The molecule has 0 spiro atoms. The van der Waals surface area contributed by atoms with E-state index in [-0.39, 0.29) is 17.8 Å². The quantitative estimate of drug-likeness (QED) is 0.534. The van der Waals surface area contributed by atoms with Crippen LogP contribution in [0.5, 0.6) is 0 Å². The molecular weight excluding hydrogens is 104 g/mol. The third-order valence-corrected chi connectivity index (χ3v) is 1.66. The van der Waals surface area contributed by atoms with Crippen LogP contribution in [0.3, 0.4) is 0 Å². The number of ketones is 1. The maximum atomic E-state index is 10.3. The first-order chi connectivity index (χ1) is 3.70. The molecule has 8 heavy (non-hydrogen) atoms. The third kappa shape index (κ3) is 0.892. The van der Waals surface area contributed by atoms with Crippen LogP contribution in [0.2, 0.25) is 0 Å². The number of carbonyl (C=O) groups excluding carboxylic acids is 1. The normalized spacial score (nSPS) is 25.0. The average molecular weight is 114 g/mol. The Bertz CT molecular complexity index is 99.1. The van der Waals surface area contributed by atoms with Crippen molar-refractivity contribution >= 4 is 5.78 Å². The van der Waals surface area contributed by atoms with E-state index in [4.69, 9.17) is 5.11 Å². The first kappa shape index (κ1) is 5.76. The summed E-state index contributed by atoms with van der Waals surface area (Å²) in [5.74, 6) is 0.554. The molecule has 0 amide bonds. The first-order valence-electron chi connectivity index (χ1n) is 2.90. The highest BCUT2D eigenvalue weighted by Gasteiger charge is 2.29. The second kappa shape index (κ2) is 1.86. The van der Waals surface area contributed by atoms with Crippen LogP contribution < -0.4 is 0 Å². The molecule has 1 aliphatic rings. The van der Waals surface area contributed by atoms with Crippen molar-refractivity contribution < 1.29 is 9.90 Å². The number of rotatable bonds is 1. The second-order valence-corrected chi connectivity index (χ2v) is 2.45. The number of aliphatic hydroxyl groups is 1. The Morgan fingerprint density at radius 1 is 1.75 bits per heavy atom. The molecule has 0 aromatic heterocycles. The van der Waals surface area contributed by atoms with Crippen molar-refractivity contribution in [2.75, 3.05) is 0 Å². The molecule has 1 atom stereocenters. The largest absolute Gasteiger partial charge is 0.393 e. The Kier molecular flexibility index (Phi) is 1.34. The molecule has 0 heterocycles. The van der Waals surface area contributed by atoms with Gasteiger partial charge >= 0.3 is 0 Å². The predicted octanol–water partition coefficient (Wildman–Crippen LogP) is 0.346. The van der Waals surface area contributed by atoms with E-state index in [1.165, 1.54) is 0 Å². The van der Waals surface area contributed by atoms with Gasteiger partial charge in [-0.1, -0.05) is 0 Å². The molecule has 0 aromatic carbocycles. The third-order valence-electron chi connectivity index (χ3n) is 1.66. The summed E-state index contributed by atoms with van der Waals surface area (Å²) in [7, 11) is 0. The minimum absolute atomic E-state index is 0.266. The van der Waals surface area contributed by atoms with Crippen molar-refractivity contribution in [2.24, 2.45) is 5.92 Å². The molecule has 2 heteroatoms. The van der Waals surface area contributed by atoms with Gasteiger partial charge in [-0.05, 0) is 12.8 Å². The van der Waals surface area contributed by atoms with Crippen LogP contribution in [0.15, 0.2) is 0 Å². The van der Waals surface area contributed by atoms with Gasteiger partial charge in [-0.2, -0.15) is 0 Å². The molecule has 1 aliphatic carbocycles. The van der Waals surface area contributed by atoms with Crippen molar-refractivity contribution in [1.82, 2.24) is 0 Å². The number of aliphatic hydroxyl groups excluding tert-OH is 1. The fourth-order valence-corrected chi connectivity index (χ4v) is 0.866. The van der Waals surface area contributed by atoms with E-state index in [9.17, 15) is 4.79 Å². The highest BCUT2D eigenvalue weighted by Crippen LogP contribution is 2.25. The van der Waals surface area contributed by atoms with Crippen LogP contribution in [0.1, 0.15) is 19.8 Å². The van der Waals surface area contributed by atoms with Crippen LogP contribution in [-0.4, -0.2) is 17.0 Å².